The van der Waals surface area contributed by atoms with E-state index in [2.05, 4.69) is 11.9 Å². The Morgan fingerprint density at radius 1 is 1.18 bits per heavy atom. The quantitative estimate of drug-likeness (QED) is 0.298. The number of methoxy groups -OCH3 is 2. The van der Waals surface area contributed by atoms with Gasteiger partial charge in [-0.05, 0) is 35.4 Å². The second kappa shape index (κ2) is 10.3. The van der Waals surface area contributed by atoms with Gasteiger partial charge in [0.15, 0.2) is 0 Å². The van der Waals surface area contributed by atoms with Gasteiger partial charge in [0.2, 0.25) is 11.1 Å². The van der Waals surface area contributed by atoms with Gasteiger partial charge in [-0.1, -0.05) is 43.7 Å². The maximum atomic E-state index is 13.4. The minimum absolute atomic E-state index is 0.173. The summed E-state index contributed by atoms with van der Waals surface area (Å²) in [6, 6.07) is 12.8. The number of fused-ring (bicyclic) bond motifs is 3. The van der Waals surface area contributed by atoms with Crippen molar-refractivity contribution in [3.05, 3.63) is 58.4 Å². The number of nitrogens with zero attached hydrogens (tertiary/aromatic N) is 3. The molecular weight excluding hydrogens is 452 g/mol. The molecule has 1 aliphatic heterocycles. The topological polar surface area (TPSA) is 88.4 Å². The zero-order chi connectivity index (χ0) is 24.2. The fourth-order valence-corrected chi connectivity index (χ4v) is 5.06. The first-order valence-electron chi connectivity index (χ1n) is 11.3. The number of hydrogen-bond acceptors (Lipinski definition) is 6. The Kier molecular flexibility index (Phi) is 7.21. The van der Waals surface area contributed by atoms with Gasteiger partial charge < -0.3 is 9.47 Å². The van der Waals surface area contributed by atoms with Gasteiger partial charge in [0.25, 0.3) is 6.17 Å². The van der Waals surface area contributed by atoms with Crippen LogP contribution in [-0.2, 0) is 4.79 Å². The molecule has 34 heavy (non-hydrogen) atoms. The van der Waals surface area contributed by atoms with Crippen LogP contribution >= 0.6 is 11.8 Å². The Morgan fingerprint density at radius 2 is 1.97 bits per heavy atom. The van der Waals surface area contributed by atoms with E-state index < -0.39 is 6.17 Å². The highest BCUT2D eigenvalue weighted by Crippen LogP contribution is 2.40. The van der Waals surface area contributed by atoms with Crippen molar-refractivity contribution >= 4 is 23.4 Å². The van der Waals surface area contributed by atoms with E-state index in [1.54, 1.807) is 29.9 Å². The number of carbonyl (C=O) groups is 1. The molecule has 2 aromatic carbocycles. The number of aromatic amines is 1. The summed E-state index contributed by atoms with van der Waals surface area (Å²) in [6.07, 6.45) is 2.56. The van der Waals surface area contributed by atoms with E-state index in [0.29, 0.717) is 39.2 Å². The van der Waals surface area contributed by atoms with Crippen LogP contribution in [0.3, 0.4) is 0 Å². The number of unbranched alkanes of at least 4 members (excludes halogenated alkanes) is 2. The predicted octanol–water partition coefficient (Wildman–Crippen LogP) is 3.94. The molecule has 0 aliphatic carbocycles. The van der Waals surface area contributed by atoms with Crippen molar-refractivity contribution in [1.82, 2.24) is 10.1 Å². The maximum Gasteiger partial charge on any atom is 0.325 e. The molecule has 1 N–H and O–H groups in total. The molecule has 0 spiro atoms. The Hall–Kier alpha value is -3.33. The normalized spacial score (nSPS) is 14.4. The van der Waals surface area contributed by atoms with Crippen LogP contribution < -0.4 is 24.6 Å². The number of carbonyl (C=O) groups excluding carboxylic acids is 1. The molecular formula is C25H29N4O4S+. The minimum Gasteiger partial charge on any atom is -0.497 e. The van der Waals surface area contributed by atoms with Crippen LogP contribution in [0.5, 0.6) is 11.5 Å². The predicted molar refractivity (Wildman–Crippen MR) is 132 cm³/mol. The van der Waals surface area contributed by atoms with E-state index in [0.717, 1.165) is 25.0 Å². The van der Waals surface area contributed by atoms with Gasteiger partial charge in [0, 0.05) is 23.8 Å². The van der Waals surface area contributed by atoms with Gasteiger partial charge in [-0.3, -0.25) is 14.6 Å². The number of nitrogens with one attached hydrogen (secondary N) is 1. The molecule has 0 unspecified atom stereocenters. The molecule has 8 nitrogen and oxygen atoms in total. The maximum absolute atomic E-state index is 13.4. The highest BCUT2D eigenvalue weighted by Gasteiger charge is 2.46. The highest BCUT2D eigenvalue weighted by atomic mass is 32.2. The number of hydrogen-bond donors (Lipinski definition) is 1. The third kappa shape index (κ3) is 4.40. The lowest BCUT2D eigenvalue weighted by Gasteiger charge is -2.31. The summed E-state index contributed by atoms with van der Waals surface area (Å²) in [4.78, 5) is 31.0. The van der Waals surface area contributed by atoms with E-state index in [1.807, 2.05) is 36.4 Å². The summed E-state index contributed by atoms with van der Waals surface area (Å²) in [5, 5.41) is 5.34. The van der Waals surface area contributed by atoms with Gasteiger partial charge in [0.05, 0.1) is 31.0 Å². The molecule has 1 atom stereocenters. The van der Waals surface area contributed by atoms with E-state index in [-0.39, 0.29) is 11.5 Å². The third-order valence-corrected chi connectivity index (χ3v) is 6.75. The summed E-state index contributed by atoms with van der Waals surface area (Å²) in [7, 11) is 3.15. The summed E-state index contributed by atoms with van der Waals surface area (Å²) in [5.41, 5.74) is 2.14. The molecule has 1 aromatic heterocycles. The smallest absolute Gasteiger partial charge is 0.325 e. The summed E-state index contributed by atoms with van der Waals surface area (Å²) >= 11 is 1.51. The van der Waals surface area contributed by atoms with Crippen molar-refractivity contribution in [2.45, 2.75) is 44.4 Å². The zero-order valence-electron chi connectivity index (χ0n) is 19.8. The number of anilines is 1. The third-order valence-electron chi connectivity index (χ3n) is 5.80. The van der Waals surface area contributed by atoms with E-state index >= 15 is 0 Å². The van der Waals surface area contributed by atoms with Crippen LogP contribution in [0.1, 0.15) is 44.8 Å². The fourth-order valence-electron chi connectivity index (χ4n) is 4.21. The molecule has 1 aliphatic rings. The largest absolute Gasteiger partial charge is 0.497 e. The first kappa shape index (κ1) is 23.8. The number of aromatic nitrogens is 3. The fraction of sp³-hybridized carbons (Fsp3) is 0.360. The summed E-state index contributed by atoms with van der Waals surface area (Å²) in [5.74, 6) is 1.84. The van der Waals surface area contributed by atoms with Gasteiger partial charge in [-0.25, -0.2) is 4.90 Å². The number of benzene rings is 2. The van der Waals surface area contributed by atoms with Gasteiger partial charge in [0.1, 0.15) is 11.5 Å². The molecule has 0 fully saturated rings. The molecule has 2 heterocycles. The van der Waals surface area contributed by atoms with Crippen molar-refractivity contribution in [1.29, 1.82) is 0 Å². The van der Waals surface area contributed by atoms with Crippen molar-refractivity contribution in [2.24, 2.45) is 0 Å². The van der Waals surface area contributed by atoms with Crippen LogP contribution in [-0.4, -0.2) is 36.0 Å². The van der Waals surface area contributed by atoms with E-state index in [4.69, 9.17) is 14.6 Å². The molecule has 0 saturated carbocycles. The molecule has 9 heteroatoms. The molecule has 0 saturated heterocycles. The van der Waals surface area contributed by atoms with Crippen molar-refractivity contribution in [2.75, 3.05) is 24.9 Å². The zero-order valence-corrected chi connectivity index (χ0v) is 20.6. The first-order chi connectivity index (χ1) is 16.5. The van der Waals surface area contributed by atoms with Gasteiger partial charge in [-0.15, -0.1) is 0 Å². The number of para-hydroxylation sites is 1. The van der Waals surface area contributed by atoms with Gasteiger partial charge >= 0.3 is 11.3 Å². The second-order valence-electron chi connectivity index (χ2n) is 8.00. The second-order valence-corrected chi connectivity index (χ2v) is 9.08. The van der Waals surface area contributed by atoms with Gasteiger partial charge in [-0.2, -0.15) is 0 Å². The lowest BCUT2D eigenvalue weighted by Crippen LogP contribution is -2.60. The molecule has 178 valence electrons. The number of thioether (sulfide) groups is 1. The minimum atomic E-state index is -0.708. The van der Waals surface area contributed by atoms with E-state index in [9.17, 15) is 9.59 Å². The number of rotatable bonds is 8. The monoisotopic (exact) mass is 481 g/mol. The lowest BCUT2D eigenvalue weighted by molar-refractivity contribution is -0.763. The number of ether oxygens (including phenoxy) is 2. The first-order valence-corrected chi connectivity index (χ1v) is 12.3. The van der Waals surface area contributed by atoms with Crippen molar-refractivity contribution < 1.29 is 19.0 Å². The Morgan fingerprint density at radius 3 is 2.68 bits per heavy atom. The van der Waals surface area contributed by atoms with Crippen LogP contribution in [0, 0.1) is 0 Å². The van der Waals surface area contributed by atoms with Crippen molar-refractivity contribution in [3.63, 3.8) is 0 Å². The Balaban J connectivity index is 1.95. The standard InChI is InChI=1S/C25H28N4O4S/c1-5-6-9-14-34-25-26-23(31)22-18-10-7-8-11-20(18)28(16(2)30)24(29(22)27-25)19-13-12-17(32-3)15-21(19)33-4/h7-8,10-13,15,24H,5-6,9,14H2,1-4H3/p+1/t24-/m0/s1. The average Bonchev–Trinajstić information content (AvgIpc) is 2.85. The Bertz CT molecular complexity index is 1260. The molecule has 0 bridgehead atoms. The SMILES string of the molecule is CCCCCSc1n[n+]2c(c(=O)[nH]1)-c1ccccc1N(C(C)=O)[C@@H]2c1ccc(OC)cc1OC. The van der Waals surface area contributed by atoms with Crippen LogP contribution in [0.4, 0.5) is 5.69 Å². The highest BCUT2D eigenvalue weighted by molar-refractivity contribution is 7.99. The van der Waals surface area contributed by atoms with Crippen LogP contribution in [0.15, 0.2) is 52.4 Å². The number of amides is 1. The molecule has 1 amide bonds. The molecule has 0 radical (unpaired) electrons. The van der Waals surface area contributed by atoms with Crippen LogP contribution in [0.2, 0.25) is 0 Å². The van der Waals surface area contributed by atoms with Crippen molar-refractivity contribution in [3.8, 4) is 22.8 Å². The van der Waals surface area contributed by atoms with Crippen LogP contribution in [0.25, 0.3) is 11.3 Å². The Labute approximate surface area is 202 Å². The number of H-pyrrole nitrogens is 1. The lowest BCUT2D eigenvalue weighted by atomic mass is 10.0. The van der Waals surface area contributed by atoms with E-state index in [1.165, 1.54) is 18.7 Å². The molecule has 3 aromatic rings. The average molecular weight is 482 g/mol. The summed E-state index contributed by atoms with van der Waals surface area (Å²) in [6.45, 7) is 3.67. The summed E-state index contributed by atoms with van der Waals surface area (Å²) < 4.78 is 12.7. The molecule has 4 rings (SSSR count).